The molecular weight excluding hydrogens is 314 g/mol. The Hall–Kier alpha value is -2.20. The first-order chi connectivity index (χ1) is 11.1. The predicted molar refractivity (Wildman–Crippen MR) is 91.9 cm³/mol. The molecule has 0 aliphatic rings. The zero-order valence-corrected chi connectivity index (χ0v) is 14.0. The van der Waals surface area contributed by atoms with Crippen LogP contribution in [0.1, 0.15) is 19.4 Å². The van der Waals surface area contributed by atoms with Gasteiger partial charge in [-0.05, 0) is 55.8 Å². The van der Waals surface area contributed by atoms with Crippen LogP contribution in [0.4, 0.5) is 5.69 Å². The molecule has 0 amide bonds. The second-order valence-corrected chi connectivity index (χ2v) is 5.45. The molecule has 0 saturated heterocycles. The van der Waals surface area contributed by atoms with Crippen LogP contribution >= 0.6 is 11.6 Å². The zero-order chi connectivity index (χ0) is 16.7. The molecule has 0 aromatic heterocycles. The number of nitrogens with one attached hydrogen (secondary N) is 1. The fourth-order valence-electron chi connectivity index (χ4n) is 1.97. The Morgan fingerprint density at radius 3 is 2.39 bits per heavy atom. The van der Waals surface area contributed by atoms with E-state index in [2.05, 4.69) is 5.32 Å². The van der Waals surface area contributed by atoms with E-state index < -0.39 is 6.10 Å². The van der Waals surface area contributed by atoms with E-state index in [1.807, 2.05) is 48.5 Å². The van der Waals surface area contributed by atoms with Crippen molar-refractivity contribution in [1.29, 1.82) is 0 Å². The highest BCUT2D eigenvalue weighted by molar-refractivity contribution is 6.30. The molecule has 0 heterocycles. The second kappa shape index (κ2) is 8.44. The van der Waals surface area contributed by atoms with Crippen molar-refractivity contribution in [2.45, 2.75) is 26.5 Å². The number of benzene rings is 2. The Bertz CT molecular complexity index is 626. The number of hydrogen-bond acceptors (Lipinski definition) is 4. The highest BCUT2D eigenvalue weighted by atomic mass is 35.5. The van der Waals surface area contributed by atoms with Crippen LogP contribution in [0.3, 0.4) is 0 Å². The second-order valence-electron chi connectivity index (χ2n) is 5.02. The van der Waals surface area contributed by atoms with Gasteiger partial charge in [0.15, 0.2) is 6.10 Å². The molecule has 2 aromatic carbocycles. The van der Waals surface area contributed by atoms with Crippen molar-refractivity contribution < 1.29 is 14.3 Å². The maximum absolute atomic E-state index is 11.5. The highest BCUT2D eigenvalue weighted by Gasteiger charge is 2.15. The molecule has 0 radical (unpaired) electrons. The lowest BCUT2D eigenvalue weighted by Gasteiger charge is -2.13. The number of carbonyl (C=O) groups is 1. The maximum atomic E-state index is 11.5. The minimum atomic E-state index is -0.618. The average Bonchev–Trinajstić information content (AvgIpc) is 2.56. The molecule has 2 rings (SSSR count). The van der Waals surface area contributed by atoms with E-state index in [-0.39, 0.29) is 5.97 Å². The van der Waals surface area contributed by atoms with E-state index in [1.165, 1.54) is 0 Å². The summed E-state index contributed by atoms with van der Waals surface area (Å²) in [6, 6.07) is 15.1. The van der Waals surface area contributed by atoms with Crippen molar-refractivity contribution in [3.05, 3.63) is 59.1 Å². The molecule has 23 heavy (non-hydrogen) atoms. The zero-order valence-electron chi connectivity index (χ0n) is 13.2. The number of anilines is 1. The van der Waals surface area contributed by atoms with Crippen LogP contribution in [-0.4, -0.2) is 18.7 Å². The van der Waals surface area contributed by atoms with Gasteiger partial charge in [0.05, 0.1) is 6.61 Å². The molecule has 1 N–H and O–H groups in total. The topological polar surface area (TPSA) is 47.6 Å². The van der Waals surface area contributed by atoms with E-state index in [0.29, 0.717) is 23.9 Å². The summed E-state index contributed by atoms with van der Waals surface area (Å²) in [7, 11) is 0. The van der Waals surface area contributed by atoms with Crippen molar-refractivity contribution in [3.63, 3.8) is 0 Å². The van der Waals surface area contributed by atoms with Crippen LogP contribution < -0.4 is 10.1 Å². The van der Waals surface area contributed by atoms with Gasteiger partial charge in [-0.1, -0.05) is 23.7 Å². The highest BCUT2D eigenvalue weighted by Crippen LogP contribution is 2.17. The van der Waals surface area contributed by atoms with Crippen molar-refractivity contribution in [2.75, 3.05) is 11.9 Å². The van der Waals surface area contributed by atoms with Gasteiger partial charge in [-0.3, -0.25) is 0 Å². The van der Waals surface area contributed by atoms with Gasteiger partial charge in [-0.2, -0.15) is 0 Å². The number of halogens is 1. The quantitative estimate of drug-likeness (QED) is 0.768. The third kappa shape index (κ3) is 5.49. The molecule has 0 saturated carbocycles. The average molecular weight is 334 g/mol. The summed E-state index contributed by atoms with van der Waals surface area (Å²) in [6.45, 7) is 4.48. The molecule has 0 fully saturated rings. The van der Waals surface area contributed by atoms with Gasteiger partial charge in [0.1, 0.15) is 5.75 Å². The number of carbonyl (C=O) groups excluding carboxylic acids is 1. The lowest BCUT2D eigenvalue weighted by Crippen LogP contribution is -2.26. The summed E-state index contributed by atoms with van der Waals surface area (Å²) in [6.07, 6.45) is -0.618. The minimum Gasteiger partial charge on any atom is -0.479 e. The van der Waals surface area contributed by atoms with Crippen LogP contribution in [0.5, 0.6) is 5.75 Å². The molecule has 122 valence electrons. The van der Waals surface area contributed by atoms with Crippen molar-refractivity contribution in [1.82, 2.24) is 0 Å². The molecule has 0 aliphatic carbocycles. The summed E-state index contributed by atoms with van der Waals surface area (Å²) < 4.78 is 10.5. The lowest BCUT2D eigenvalue weighted by molar-refractivity contribution is -0.150. The van der Waals surface area contributed by atoms with E-state index in [1.54, 1.807) is 13.8 Å². The minimum absolute atomic E-state index is 0.349. The Morgan fingerprint density at radius 1 is 1.13 bits per heavy atom. The first kappa shape index (κ1) is 17.2. The molecule has 1 unspecified atom stereocenters. The summed E-state index contributed by atoms with van der Waals surface area (Å²) >= 11 is 5.86. The third-order valence-electron chi connectivity index (χ3n) is 3.20. The summed E-state index contributed by atoms with van der Waals surface area (Å²) in [4.78, 5) is 11.5. The van der Waals surface area contributed by atoms with Gasteiger partial charge in [0, 0.05) is 17.3 Å². The monoisotopic (exact) mass is 333 g/mol. The van der Waals surface area contributed by atoms with E-state index >= 15 is 0 Å². The molecule has 4 nitrogen and oxygen atoms in total. The van der Waals surface area contributed by atoms with Crippen molar-refractivity contribution >= 4 is 23.3 Å². The Balaban J connectivity index is 1.86. The van der Waals surface area contributed by atoms with Gasteiger partial charge in [0.2, 0.25) is 0 Å². The maximum Gasteiger partial charge on any atom is 0.347 e. The SMILES string of the molecule is CCOC(=O)C(C)Oc1ccc(CNc2ccc(Cl)cc2)cc1. The van der Waals surface area contributed by atoms with Gasteiger partial charge in [-0.25, -0.2) is 4.79 Å². The van der Waals surface area contributed by atoms with Crippen LogP contribution in [0, 0.1) is 0 Å². The van der Waals surface area contributed by atoms with E-state index in [0.717, 1.165) is 11.3 Å². The first-order valence-electron chi connectivity index (χ1n) is 7.50. The molecule has 2 aromatic rings. The lowest BCUT2D eigenvalue weighted by atomic mass is 10.2. The van der Waals surface area contributed by atoms with E-state index in [4.69, 9.17) is 21.1 Å². The van der Waals surface area contributed by atoms with E-state index in [9.17, 15) is 4.79 Å². The Morgan fingerprint density at radius 2 is 1.78 bits per heavy atom. The number of esters is 1. The Kier molecular flexibility index (Phi) is 6.29. The summed E-state index contributed by atoms with van der Waals surface area (Å²) in [5.74, 6) is 0.279. The fraction of sp³-hybridized carbons (Fsp3) is 0.278. The number of rotatable bonds is 7. The normalized spacial score (nSPS) is 11.6. The summed E-state index contributed by atoms with van der Waals surface area (Å²) in [5, 5.41) is 4.03. The van der Waals surface area contributed by atoms with Gasteiger partial charge in [0.25, 0.3) is 0 Å². The fourth-order valence-corrected chi connectivity index (χ4v) is 2.10. The van der Waals surface area contributed by atoms with Crippen molar-refractivity contribution in [2.24, 2.45) is 0 Å². The van der Waals surface area contributed by atoms with Crippen LogP contribution in [0.15, 0.2) is 48.5 Å². The summed E-state index contributed by atoms with van der Waals surface area (Å²) in [5.41, 5.74) is 2.11. The van der Waals surface area contributed by atoms with Gasteiger partial charge >= 0.3 is 5.97 Å². The number of ether oxygens (including phenoxy) is 2. The van der Waals surface area contributed by atoms with Crippen molar-refractivity contribution in [3.8, 4) is 5.75 Å². The third-order valence-corrected chi connectivity index (χ3v) is 3.45. The van der Waals surface area contributed by atoms with Crippen LogP contribution in [0.2, 0.25) is 5.02 Å². The molecule has 5 heteroatoms. The smallest absolute Gasteiger partial charge is 0.347 e. The number of hydrogen-bond donors (Lipinski definition) is 1. The van der Waals surface area contributed by atoms with Crippen LogP contribution in [-0.2, 0) is 16.1 Å². The molecule has 0 aliphatic heterocycles. The molecule has 0 spiro atoms. The predicted octanol–water partition coefficient (Wildman–Crippen LogP) is 4.28. The van der Waals surface area contributed by atoms with Crippen LogP contribution in [0.25, 0.3) is 0 Å². The van der Waals surface area contributed by atoms with Gasteiger partial charge in [-0.15, -0.1) is 0 Å². The largest absolute Gasteiger partial charge is 0.479 e. The Labute approximate surface area is 141 Å². The molecule has 0 bridgehead atoms. The molecule has 1 atom stereocenters. The van der Waals surface area contributed by atoms with Gasteiger partial charge < -0.3 is 14.8 Å². The standard InChI is InChI=1S/C18H20ClNO3/c1-3-22-18(21)13(2)23-17-10-4-14(5-11-17)12-20-16-8-6-15(19)7-9-16/h4-11,13,20H,3,12H2,1-2H3. The first-order valence-corrected chi connectivity index (χ1v) is 7.88. The molecular formula is C18H20ClNO3.